The number of carbonyl (C=O) groups excluding carboxylic acids is 2. The van der Waals surface area contributed by atoms with Gasteiger partial charge in [-0.05, 0) is 77.0 Å². The summed E-state index contributed by atoms with van der Waals surface area (Å²) in [6.45, 7) is 2.21. The number of fused-ring (bicyclic) bond motifs is 1. The molecule has 6 nitrogen and oxygen atoms in total. The minimum Gasteiger partial charge on any atom is -0.503 e. The molecule has 2 heterocycles. The summed E-state index contributed by atoms with van der Waals surface area (Å²) in [5, 5.41) is 12.9. The van der Waals surface area contributed by atoms with Gasteiger partial charge in [0.15, 0.2) is 17.3 Å². The molecule has 0 atom stereocenters. The van der Waals surface area contributed by atoms with Gasteiger partial charge in [-0.1, -0.05) is 0 Å². The third kappa shape index (κ3) is 3.71. The number of nitrogens with zero attached hydrogens (tertiary/aromatic N) is 1. The summed E-state index contributed by atoms with van der Waals surface area (Å²) in [6, 6.07) is 11.9. The van der Waals surface area contributed by atoms with Crippen LogP contribution in [0.4, 0.5) is 5.69 Å². The Morgan fingerprint density at radius 2 is 2.07 bits per heavy atom. The van der Waals surface area contributed by atoms with Crippen molar-refractivity contribution in [3.63, 3.8) is 0 Å². The Hall–Kier alpha value is -3.45. The number of amides is 1. The lowest BCUT2D eigenvalue weighted by atomic mass is 9.98. The Balaban J connectivity index is 1.76. The fourth-order valence-electron chi connectivity index (χ4n) is 3.25. The summed E-state index contributed by atoms with van der Waals surface area (Å²) in [5.74, 6) is -0.119. The number of aromatic hydroxyl groups is 1. The number of phenolic OH excluding ortho intramolecular Hbond substituents is 1. The van der Waals surface area contributed by atoms with Crippen LogP contribution >= 0.6 is 15.9 Å². The van der Waals surface area contributed by atoms with Crippen LogP contribution in [0.3, 0.4) is 0 Å². The summed E-state index contributed by atoms with van der Waals surface area (Å²) >= 11 is 3.31. The smallest absolute Gasteiger partial charge is 0.256 e. The van der Waals surface area contributed by atoms with Gasteiger partial charge in [-0.2, -0.15) is 0 Å². The second-order valence-corrected chi connectivity index (χ2v) is 7.48. The average Bonchev–Trinajstić information content (AvgIpc) is 3.06. The van der Waals surface area contributed by atoms with E-state index in [0.717, 1.165) is 0 Å². The van der Waals surface area contributed by atoms with Gasteiger partial charge in [-0.25, -0.2) is 0 Å². The number of nitrogens with one attached hydrogen (secondary N) is 1. The zero-order valence-electron chi connectivity index (χ0n) is 16.0. The standard InChI is InChI=1S/C23H17BrN2O4/c1-2-30-20-10-13(9-18(24)22(20)28)8-17-16-11-14(5-6-19(16)26-23(17)29)21(27)15-4-3-7-25-12-15/h3-12,28H,2H2,1H3,(H,26,29)/b17-8-. The van der Waals surface area contributed by atoms with E-state index in [1.165, 1.54) is 6.20 Å². The van der Waals surface area contributed by atoms with Gasteiger partial charge < -0.3 is 15.2 Å². The predicted molar refractivity (Wildman–Crippen MR) is 118 cm³/mol. The minimum atomic E-state index is -0.266. The fourth-order valence-corrected chi connectivity index (χ4v) is 3.71. The fraction of sp³-hybridized carbons (Fsp3) is 0.0870. The first kappa shape index (κ1) is 19.8. The molecular formula is C23H17BrN2O4. The first-order valence-corrected chi connectivity index (χ1v) is 10.0. The van der Waals surface area contributed by atoms with Crippen molar-refractivity contribution in [3.05, 3.63) is 81.6 Å². The number of ketones is 1. The van der Waals surface area contributed by atoms with Crippen molar-refractivity contribution in [2.75, 3.05) is 11.9 Å². The SMILES string of the molecule is CCOc1cc(/C=C2\C(=O)Nc3ccc(C(=O)c4cccnc4)cc32)cc(Br)c1O. The Bertz CT molecular complexity index is 1190. The van der Waals surface area contributed by atoms with E-state index < -0.39 is 0 Å². The molecule has 30 heavy (non-hydrogen) atoms. The van der Waals surface area contributed by atoms with E-state index in [9.17, 15) is 14.7 Å². The molecule has 1 aliphatic heterocycles. The highest BCUT2D eigenvalue weighted by atomic mass is 79.9. The molecule has 0 radical (unpaired) electrons. The van der Waals surface area contributed by atoms with Crippen LogP contribution < -0.4 is 10.1 Å². The summed E-state index contributed by atoms with van der Waals surface area (Å²) in [4.78, 5) is 29.3. The van der Waals surface area contributed by atoms with Gasteiger partial charge in [0.1, 0.15) is 0 Å². The van der Waals surface area contributed by atoms with Gasteiger partial charge in [-0.3, -0.25) is 14.6 Å². The van der Waals surface area contributed by atoms with Gasteiger partial charge in [-0.15, -0.1) is 0 Å². The number of hydrogen-bond donors (Lipinski definition) is 2. The molecule has 0 spiro atoms. The van der Waals surface area contributed by atoms with E-state index in [4.69, 9.17) is 4.74 Å². The molecule has 2 N–H and O–H groups in total. The van der Waals surface area contributed by atoms with E-state index in [1.807, 2.05) is 6.92 Å². The number of halogens is 1. The zero-order chi connectivity index (χ0) is 21.3. The molecule has 0 saturated carbocycles. The second kappa shape index (κ2) is 8.12. The molecular weight excluding hydrogens is 448 g/mol. The molecule has 0 bridgehead atoms. The normalized spacial score (nSPS) is 13.8. The third-order valence-corrected chi connectivity index (χ3v) is 5.25. The number of carbonyl (C=O) groups is 2. The topological polar surface area (TPSA) is 88.5 Å². The van der Waals surface area contributed by atoms with Crippen molar-refractivity contribution in [2.45, 2.75) is 6.92 Å². The highest BCUT2D eigenvalue weighted by Gasteiger charge is 2.26. The highest BCUT2D eigenvalue weighted by molar-refractivity contribution is 9.10. The molecule has 4 rings (SSSR count). The molecule has 3 aromatic rings. The van der Waals surface area contributed by atoms with Crippen LogP contribution in [0.2, 0.25) is 0 Å². The maximum absolute atomic E-state index is 12.8. The molecule has 7 heteroatoms. The summed E-state index contributed by atoms with van der Waals surface area (Å²) in [6.07, 6.45) is 4.82. The van der Waals surface area contributed by atoms with Crippen molar-refractivity contribution >= 4 is 45.0 Å². The van der Waals surface area contributed by atoms with E-state index in [2.05, 4.69) is 26.2 Å². The van der Waals surface area contributed by atoms with E-state index in [1.54, 1.807) is 54.7 Å². The molecule has 0 saturated heterocycles. The Morgan fingerprint density at radius 3 is 2.80 bits per heavy atom. The summed E-state index contributed by atoms with van der Waals surface area (Å²) < 4.78 is 5.92. The maximum Gasteiger partial charge on any atom is 0.256 e. The Labute approximate surface area is 181 Å². The third-order valence-electron chi connectivity index (χ3n) is 4.65. The molecule has 1 amide bonds. The molecule has 1 aliphatic rings. The van der Waals surface area contributed by atoms with Crippen molar-refractivity contribution in [3.8, 4) is 11.5 Å². The minimum absolute atomic E-state index is 0.000345. The zero-order valence-corrected chi connectivity index (χ0v) is 17.6. The predicted octanol–water partition coefficient (Wildman–Crippen LogP) is 4.67. The number of phenols is 1. The lowest BCUT2D eigenvalue weighted by Crippen LogP contribution is -2.03. The molecule has 2 aromatic carbocycles. The number of aromatic nitrogens is 1. The number of pyridine rings is 1. The molecule has 0 fully saturated rings. The van der Waals surface area contributed by atoms with Crippen molar-refractivity contribution < 1.29 is 19.4 Å². The Morgan fingerprint density at radius 1 is 1.23 bits per heavy atom. The van der Waals surface area contributed by atoms with Crippen molar-refractivity contribution in [2.24, 2.45) is 0 Å². The molecule has 150 valence electrons. The second-order valence-electron chi connectivity index (χ2n) is 6.63. The number of rotatable bonds is 5. The number of benzene rings is 2. The summed E-state index contributed by atoms with van der Waals surface area (Å²) in [5.41, 5.74) is 3.31. The highest BCUT2D eigenvalue weighted by Crippen LogP contribution is 2.38. The average molecular weight is 465 g/mol. The summed E-state index contributed by atoms with van der Waals surface area (Å²) in [7, 11) is 0. The lowest BCUT2D eigenvalue weighted by Gasteiger charge is -2.09. The van der Waals surface area contributed by atoms with Crippen LogP contribution in [0.5, 0.6) is 11.5 Å². The largest absolute Gasteiger partial charge is 0.503 e. The maximum atomic E-state index is 12.8. The van der Waals surface area contributed by atoms with Crippen molar-refractivity contribution in [1.29, 1.82) is 0 Å². The number of ether oxygens (including phenoxy) is 1. The molecule has 0 unspecified atom stereocenters. The van der Waals surface area contributed by atoms with Crippen LogP contribution in [0.15, 0.2) is 59.3 Å². The lowest BCUT2D eigenvalue weighted by molar-refractivity contribution is -0.110. The van der Waals surface area contributed by atoms with Crippen molar-refractivity contribution in [1.82, 2.24) is 4.98 Å². The van der Waals surface area contributed by atoms with Crippen LogP contribution in [0, 0.1) is 0 Å². The Kier molecular flexibility index (Phi) is 5.37. The quantitative estimate of drug-likeness (QED) is 0.422. The van der Waals surface area contributed by atoms with Gasteiger partial charge in [0.05, 0.1) is 11.1 Å². The van der Waals surface area contributed by atoms with Gasteiger partial charge in [0.2, 0.25) is 0 Å². The number of hydrogen-bond acceptors (Lipinski definition) is 5. The first-order valence-electron chi connectivity index (χ1n) is 9.25. The number of anilines is 1. The van der Waals surface area contributed by atoms with Gasteiger partial charge >= 0.3 is 0 Å². The van der Waals surface area contributed by atoms with Crippen LogP contribution in [0.25, 0.3) is 11.6 Å². The van der Waals surface area contributed by atoms with Crippen LogP contribution in [-0.2, 0) is 4.79 Å². The van der Waals surface area contributed by atoms with Gasteiger partial charge in [0.25, 0.3) is 5.91 Å². The first-order chi connectivity index (χ1) is 14.5. The van der Waals surface area contributed by atoms with E-state index in [-0.39, 0.29) is 17.4 Å². The van der Waals surface area contributed by atoms with E-state index in [0.29, 0.717) is 50.3 Å². The monoisotopic (exact) mass is 464 g/mol. The van der Waals surface area contributed by atoms with Gasteiger partial charge in [0, 0.05) is 40.3 Å². The van der Waals surface area contributed by atoms with E-state index >= 15 is 0 Å². The molecule has 1 aromatic heterocycles. The molecule has 0 aliphatic carbocycles. The van der Waals surface area contributed by atoms with Crippen LogP contribution in [-0.4, -0.2) is 28.4 Å². The van der Waals surface area contributed by atoms with Crippen LogP contribution in [0.1, 0.15) is 34.0 Å².